The van der Waals surface area contributed by atoms with Crippen LogP contribution in [0.25, 0.3) is 6.08 Å². The molecule has 2 heterocycles. The van der Waals surface area contributed by atoms with E-state index in [1.165, 1.54) is 24.3 Å². The summed E-state index contributed by atoms with van der Waals surface area (Å²) >= 11 is 0.834. The van der Waals surface area contributed by atoms with E-state index >= 15 is 0 Å². The molecule has 2 aromatic rings. The smallest absolute Gasteiger partial charge is 0.293 e. The van der Waals surface area contributed by atoms with E-state index in [1.807, 2.05) is 0 Å². The summed E-state index contributed by atoms with van der Waals surface area (Å²) in [5.74, 6) is 0.456. The van der Waals surface area contributed by atoms with Gasteiger partial charge in [-0.15, -0.1) is 0 Å². The first-order chi connectivity index (χ1) is 15.4. The molecule has 11 heteroatoms. The van der Waals surface area contributed by atoms with E-state index in [9.17, 15) is 24.5 Å². The number of nitrogens with zero attached hydrogens (tertiary/aromatic N) is 2. The third kappa shape index (κ3) is 4.72. The molecule has 0 unspecified atom stereocenters. The lowest BCUT2D eigenvalue weighted by molar-refractivity contribution is -0.384. The van der Waals surface area contributed by atoms with Gasteiger partial charge in [0, 0.05) is 25.2 Å². The summed E-state index contributed by atoms with van der Waals surface area (Å²) in [5, 5.41) is 12.9. The number of amides is 3. The first-order valence-corrected chi connectivity index (χ1v) is 10.4. The van der Waals surface area contributed by atoms with E-state index in [0.29, 0.717) is 22.6 Å². The number of nitro benzene ring substituents is 1. The van der Waals surface area contributed by atoms with E-state index in [1.54, 1.807) is 24.3 Å². The first-order valence-electron chi connectivity index (χ1n) is 9.56. The number of thioether (sulfide) groups is 1. The Kier molecular flexibility index (Phi) is 6.08. The molecule has 0 aliphatic carbocycles. The molecule has 0 aromatic heterocycles. The van der Waals surface area contributed by atoms with E-state index in [2.05, 4.69) is 5.32 Å². The molecule has 2 aromatic carbocycles. The molecule has 0 bridgehead atoms. The second kappa shape index (κ2) is 9.10. The fourth-order valence-electron chi connectivity index (χ4n) is 3.14. The summed E-state index contributed by atoms with van der Waals surface area (Å²) in [5.41, 5.74) is 1.27. The van der Waals surface area contributed by atoms with Crippen LogP contribution in [0.5, 0.6) is 11.5 Å². The standard InChI is InChI=1S/C21H17N3O7S/c25-19(11-13-1-4-15(5-2-13)24(28)29)22-7-8-23-20(26)18(32-21(23)27)10-14-3-6-16-17(9-14)31-12-30-16/h1-6,9-10H,7-8,11-12H2,(H,22,25)/b18-10-. The molecule has 0 spiro atoms. The topological polar surface area (TPSA) is 128 Å². The minimum atomic E-state index is -0.513. The number of benzene rings is 2. The van der Waals surface area contributed by atoms with Crippen molar-refractivity contribution in [3.8, 4) is 11.5 Å². The zero-order chi connectivity index (χ0) is 22.7. The van der Waals surface area contributed by atoms with Gasteiger partial charge in [0.25, 0.3) is 16.8 Å². The lowest BCUT2D eigenvalue weighted by Gasteiger charge is -2.13. The Morgan fingerprint density at radius 2 is 1.91 bits per heavy atom. The number of carbonyl (C=O) groups excluding carboxylic acids is 3. The van der Waals surface area contributed by atoms with Gasteiger partial charge in [-0.25, -0.2) is 0 Å². The van der Waals surface area contributed by atoms with Crippen molar-refractivity contribution < 1.29 is 28.8 Å². The van der Waals surface area contributed by atoms with Gasteiger partial charge in [-0.05, 0) is 41.1 Å². The maximum absolute atomic E-state index is 12.6. The summed E-state index contributed by atoms with van der Waals surface area (Å²) in [6.07, 6.45) is 1.64. The third-order valence-electron chi connectivity index (χ3n) is 4.74. The Balaban J connectivity index is 1.30. The summed E-state index contributed by atoms with van der Waals surface area (Å²) < 4.78 is 10.6. The molecular weight excluding hydrogens is 438 g/mol. The molecule has 4 rings (SSSR count). The van der Waals surface area contributed by atoms with Gasteiger partial charge in [0.1, 0.15) is 0 Å². The number of hydrogen-bond donors (Lipinski definition) is 1. The number of fused-ring (bicyclic) bond motifs is 1. The Hall–Kier alpha value is -3.86. The van der Waals surface area contributed by atoms with Gasteiger partial charge in [0.15, 0.2) is 11.5 Å². The van der Waals surface area contributed by atoms with Gasteiger partial charge in [0.2, 0.25) is 12.7 Å². The van der Waals surface area contributed by atoms with Crippen LogP contribution < -0.4 is 14.8 Å². The SMILES string of the molecule is O=C(Cc1ccc([N+](=O)[O-])cc1)NCCN1C(=O)S/C(=C\c2ccc3c(c2)OCO3)C1=O. The highest BCUT2D eigenvalue weighted by atomic mass is 32.2. The number of carbonyl (C=O) groups is 3. The van der Waals surface area contributed by atoms with Gasteiger partial charge in [-0.2, -0.15) is 0 Å². The Morgan fingerprint density at radius 1 is 1.16 bits per heavy atom. The van der Waals surface area contributed by atoms with Crippen LogP contribution in [0.3, 0.4) is 0 Å². The Morgan fingerprint density at radius 3 is 2.66 bits per heavy atom. The molecule has 2 aliphatic heterocycles. The quantitative estimate of drug-likeness (QED) is 0.383. The molecular formula is C21H17N3O7S. The highest BCUT2D eigenvalue weighted by molar-refractivity contribution is 8.18. The van der Waals surface area contributed by atoms with Crippen LogP contribution in [-0.4, -0.2) is 46.8 Å². The zero-order valence-electron chi connectivity index (χ0n) is 16.6. The van der Waals surface area contributed by atoms with Gasteiger partial charge in [0.05, 0.1) is 16.2 Å². The molecule has 10 nitrogen and oxygen atoms in total. The molecule has 1 saturated heterocycles. The fourth-order valence-corrected chi connectivity index (χ4v) is 4.00. The highest BCUT2D eigenvalue weighted by Crippen LogP contribution is 2.36. The number of nitro groups is 1. The second-order valence-corrected chi connectivity index (χ2v) is 7.89. The Labute approximate surface area is 186 Å². The summed E-state index contributed by atoms with van der Waals surface area (Å²) in [6, 6.07) is 10.9. The van der Waals surface area contributed by atoms with Gasteiger partial charge in [-0.1, -0.05) is 18.2 Å². The Bertz CT molecular complexity index is 1130. The predicted octanol–water partition coefficient (Wildman–Crippen LogP) is 2.72. The van der Waals surface area contributed by atoms with Crippen molar-refractivity contribution in [2.24, 2.45) is 0 Å². The van der Waals surface area contributed by atoms with E-state index < -0.39 is 16.1 Å². The average Bonchev–Trinajstić information content (AvgIpc) is 3.33. The molecule has 0 radical (unpaired) electrons. The molecule has 164 valence electrons. The maximum Gasteiger partial charge on any atom is 0.293 e. The van der Waals surface area contributed by atoms with Gasteiger partial charge in [-0.3, -0.25) is 29.4 Å². The number of hydrogen-bond acceptors (Lipinski definition) is 8. The molecule has 32 heavy (non-hydrogen) atoms. The summed E-state index contributed by atoms with van der Waals surface area (Å²) in [7, 11) is 0. The third-order valence-corrected chi connectivity index (χ3v) is 5.64. The molecule has 2 aliphatic rings. The minimum Gasteiger partial charge on any atom is -0.454 e. The first kappa shape index (κ1) is 21.4. The molecule has 1 fully saturated rings. The number of imide groups is 1. The van der Waals surface area contributed by atoms with Crippen molar-refractivity contribution in [3.05, 3.63) is 68.6 Å². The summed E-state index contributed by atoms with van der Waals surface area (Å²) in [6.45, 7) is 0.279. The molecule has 1 N–H and O–H groups in total. The number of nitrogens with one attached hydrogen (secondary N) is 1. The lowest BCUT2D eigenvalue weighted by atomic mass is 10.1. The predicted molar refractivity (Wildman–Crippen MR) is 115 cm³/mol. The summed E-state index contributed by atoms with van der Waals surface area (Å²) in [4.78, 5) is 48.5. The highest BCUT2D eigenvalue weighted by Gasteiger charge is 2.34. The van der Waals surface area contributed by atoms with Crippen molar-refractivity contribution in [1.29, 1.82) is 0 Å². The maximum atomic E-state index is 12.6. The average molecular weight is 455 g/mol. The van der Waals surface area contributed by atoms with E-state index in [4.69, 9.17) is 9.47 Å². The van der Waals surface area contributed by atoms with Gasteiger partial charge < -0.3 is 14.8 Å². The zero-order valence-corrected chi connectivity index (χ0v) is 17.4. The van der Waals surface area contributed by atoms with Crippen LogP contribution in [0.2, 0.25) is 0 Å². The van der Waals surface area contributed by atoms with Crippen LogP contribution in [0.15, 0.2) is 47.4 Å². The van der Waals surface area contributed by atoms with E-state index in [0.717, 1.165) is 16.7 Å². The van der Waals surface area contributed by atoms with E-state index in [-0.39, 0.29) is 42.8 Å². The van der Waals surface area contributed by atoms with Crippen LogP contribution in [0, 0.1) is 10.1 Å². The molecule has 0 saturated carbocycles. The number of non-ortho nitro benzene ring substituents is 1. The van der Waals surface area contributed by atoms with Crippen molar-refractivity contribution in [2.75, 3.05) is 19.9 Å². The monoisotopic (exact) mass is 455 g/mol. The van der Waals surface area contributed by atoms with Crippen molar-refractivity contribution >= 4 is 40.6 Å². The van der Waals surface area contributed by atoms with Crippen molar-refractivity contribution in [2.45, 2.75) is 6.42 Å². The van der Waals surface area contributed by atoms with Crippen LogP contribution in [0.4, 0.5) is 10.5 Å². The fraction of sp³-hybridized carbons (Fsp3) is 0.190. The van der Waals surface area contributed by atoms with Crippen LogP contribution in [-0.2, 0) is 16.0 Å². The van der Waals surface area contributed by atoms with Crippen molar-refractivity contribution in [3.63, 3.8) is 0 Å². The van der Waals surface area contributed by atoms with Crippen LogP contribution >= 0.6 is 11.8 Å². The van der Waals surface area contributed by atoms with Gasteiger partial charge >= 0.3 is 0 Å². The number of rotatable bonds is 7. The normalized spacial score (nSPS) is 16.0. The van der Waals surface area contributed by atoms with Crippen LogP contribution in [0.1, 0.15) is 11.1 Å². The molecule has 3 amide bonds. The molecule has 0 atom stereocenters. The number of ether oxygens (including phenoxy) is 2. The second-order valence-electron chi connectivity index (χ2n) is 6.90. The van der Waals surface area contributed by atoms with Crippen molar-refractivity contribution in [1.82, 2.24) is 10.2 Å². The minimum absolute atomic E-state index is 0.0317. The largest absolute Gasteiger partial charge is 0.454 e. The lowest BCUT2D eigenvalue weighted by Crippen LogP contribution is -2.37.